The van der Waals surface area contributed by atoms with Crippen LogP contribution in [0.3, 0.4) is 0 Å². The van der Waals surface area contributed by atoms with Crippen LogP contribution in [0, 0.1) is 0 Å². The second-order valence-corrected chi connectivity index (χ2v) is 4.87. The Labute approximate surface area is 108 Å². The summed E-state index contributed by atoms with van der Waals surface area (Å²) >= 11 is 0. The largest absolute Gasteiger partial charge is 0.420 e. The highest BCUT2D eigenvalue weighted by Crippen LogP contribution is 2.32. The average molecular weight is 247 g/mol. The standard InChI is InChI=1S/C15H19O3/c1-15(17-12-16,13-8-4-2-5-9-13)18-14-10-6-3-7-11-14/h2,4-5,8-9,14H,3,6-7,10-11H2,1H3. The van der Waals surface area contributed by atoms with Gasteiger partial charge in [0.15, 0.2) is 0 Å². The fraction of sp³-hybridized carbons (Fsp3) is 0.533. The summed E-state index contributed by atoms with van der Waals surface area (Å²) in [5.74, 6) is -1.02. The first kappa shape index (κ1) is 13.1. The molecule has 0 amide bonds. The van der Waals surface area contributed by atoms with Gasteiger partial charge < -0.3 is 9.47 Å². The number of benzene rings is 1. The highest BCUT2D eigenvalue weighted by atomic mass is 16.7. The topological polar surface area (TPSA) is 35.5 Å². The Balaban J connectivity index is 2.12. The maximum atomic E-state index is 10.6. The molecule has 0 bridgehead atoms. The average Bonchev–Trinajstić information content (AvgIpc) is 2.41. The Kier molecular flexibility index (Phi) is 4.37. The molecule has 1 atom stereocenters. The van der Waals surface area contributed by atoms with Gasteiger partial charge in [0.2, 0.25) is 5.79 Å². The molecule has 97 valence electrons. The van der Waals surface area contributed by atoms with Gasteiger partial charge in [-0.3, -0.25) is 0 Å². The van der Waals surface area contributed by atoms with E-state index in [0.29, 0.717) is 0 Å². The predicted molar refractivity (Wildman–Crippen MR) is 68.5 cm³/mol. The summed E-state index contributed by atoms with van der Waals surface area (Å²) in [4.78, 5) is 10.6. The number of hydrogen-bond donors (Lipinski definition) is 0. The van der Waals surface area contributed by atoms with Crippen molar-refractivity contribution in [3.05, 3.63) is 35.9 Å². The molecule has 1 unspecified atom stereocenters. The molecule has 1 fully saturated rings. The second kappa shape index (κ2) is 6.01. The smallest absolute Gasteiger partial charge is 0.420 e. The third kappa shape index (κ3) is 3.10. The van der Waals surface area contributed by atoms with Gasteiger partial charge in [-0.05, 0) is 12.8 Å². The highest BCUT2D eigenvalue weighted by molar-refractivity contribution is 5.40. The lowest BCUT2D eigenvalue weighted by Crippen LogP contribution is -2.34. The van der Waals surface area contributed by atoms with Crippen LogP contribution in [-0.4, -0.2) is 12.6 Å². The van der Waals surface area contributed by atoms with Gasteiger partial charge in [0.25, 0.3) is 0 Å². The van der Waals surface area contributed by atoms with E-state index in [4.69, 9.17) is 9.47 Å². The lowest BCUT2D eigenvalue weighted by atomic mass is 9.97. The molecule has 0 saturated heterocycles. The monoisotopic (exact) mass is 247 g/mol. The van der Waals surface area contributed by atoms with Gasteiger partial charge in [0.1, 0.15) is 0 Å². The summed E-state index contributed by atoms with van der Waals surface area (Å²) < 4.78 is 11.1. The summed E-state index contributed by atoms with van der Waals surface area (Å²) in [6.07, 6.45) is 5.86. The van der Waals surface area contributed by atoms with Crippen LogP contribution in [0.4, 0.5) is 0 Å². The Hall–Kier alpha value is -1.35. The lowest BCUT2D eigenvalue weighted by Gasteiger charge is -2.33. The molecule has 1 aliphatic carbocycles. The first-order valence-corrected chi connectivity index (χ1v) is 6.53. The fourth-order valence-corrected chi connectivity index (χ4v) is 2.47. The molecule has 1 aromatic carbocycles. The minimum absolute atomic E-state index is 0.164. The van der Waals surface area contributed by atoms with E-state index < -0.39 is 5.79 Å². The van der Waals surface area contributed by atoms with Crippen molar-refractivity contribution >= 4 is 6.47 Å². The van der Waals surface area contributed by atoms with Gasteiger partial charge in [-0.25, -0.2) is 4.79 Å². The van der Waals surface area contributed by atoms with Crippen molar-refractivity contribution in [1.82, 2.24) is 0 Å². The van der Waals surface area contributed by atoms with Crippen molar-refractivity contribution in [3.63, 3.8) is 0 Å². The van der Waals surface area contributed by atoms with Crippen LogP contribution in [0.5, 0.6) is 0 Å². The van der Waals surface area contributed by atoms with Crippen molar-refractivity contribution in [3.8, 4) is 0 Å². The molecule has 0 aliphatic heterocycles. The maximum Gasteiger partial charge on any atom is 0.420 e. The van der Waals surface area contributed by atoms with Crippen LogP contribution >= 0.6 is 0 Å². The molecule has 1 aliphatic rings. The van der Waals surface area contributed by atoms with E-state index in [1.165, 1.54) is 25.7 Å². The second-order valence-electron chi connectivity index (χ2n) is 4.87. The molecule has 18 heavy (non-hydrogen) atoms. The van der Waals surface area contributed by atoms with Crippen molar-refractivity contribution in [2.75, 3.05) is 0 Å². The first-order valence-electron chi connectivity index (χ1n) is 6.53. The Morgan fingerprint density at radius 2 is 1.83 bits per heavy atom. The Morgan fingerprint density at radius 3 is 2.44 bits per heavy atom. The summed E-state index contributed by atoms with van der Waals surface area (Å²) in [5, 5.41) is 0. The van der Waals surface area contributed by atoms with Crippen LogP contribution in [0.1, 0.15) is 44.6 Å². The number of carbonyl (C=O) groups excluding carboxylic acids is 1. The zero-order valence-electron chi connectivity index (χ0n) is 10.7. The Bertz CT molecular complexity index is 371. The van der Waals surface area contributed by atoms with Crippen LogP contribution in [0.15, 0.2) is 30.3 Å². The third-order valence-electron chi connectivity index (χ3n) is 3.48. The molecule has 1 aromatic rings. The normalized spacial score (nSPS) is 20.1. The SMILES string of the molecule is CC(O[C]=O)(OC1CCCCC1)c1ccccc1. The minimum Gasteiger partial charge on any atom is -0.420 e. The number of rotatable bonds is 5. The van der Waals surface area contributed by atoms with E-state index in [1.807, 2.05) is 30.3 Å². The van der Waals surface area contributed by atoms with E-state index in [0.717, 1.165) is 18.4 Å². The summed E-state index contributed by atoms with van der Waals surface area (Å²) in [5.41, 5.74) is 0.846. The molecule has 3 heteroatoms. The van der Waals surface area contributed by atoms with Crippen molar-refractivity contribution in [2.24, 2.45) is 0 Å². The maximum absolute atomic E-state index is 10.6. The van der Waals surface area contributed by atoms with Crippen molar-refractivity contribution < 1.29 is 14.3 Å². The quantitative estimate of drug-likeness (QED) is 0.749. The van der Waals surface area contributed by atoms with Gasteiger partial charge in [0.05, 0.1) is 6.10 Å². The van der Waals surface area contributed by atoms with E-state index in [9.17, 15) is 4.79 Å². The van der Waals surface area contributed by atoms with E-state index in [1.54, 1.807) is 6.92 Å². The van der Waals surface area contributed by atoms with Gasteiger partial charge in [0, 0.05) is 12.5 Å². The van der Waals surface area contributed by atoms with Crippen molar-refractivity contribution in [1.29, 1.82) is 0 Å². The zero-order valence-corrected chi connectivity index (χ0v) is 10.7. The van der Waals surface area contributed by atoms with Crippen molar-refractivity contribution in [2.45, 2.75) is 50.9 Å². The van der Waals surface area contributed by atoms with Crippen LogP contribution in [-0.2, 0) is 20.1 Å². The summed E-state index contributed by atoms with van der Waals surface area (Å²) in [7, 11) is 0. The third-order valence-corrected chi connectivity index (χ3v) is 3.48. The van der Waals surface area contributed by atoms with Crippen LogP contribution < -0.4 is 0 Å². The Morgan fingerprint density at radius 1 is 1.17 bits per heavy atom. The molecular formula is C15H19O3. The van der Waals surface area contributed by atoms with Gasteiger partial charge in [-0.1, -0.05) is 49.6 Å². The van der Waals surface area contributed by atoms with E-state index in [-0.39, 0.29) is 6.10 Å². The molecule has 1 radical (unpaired) electrons. The molecule has 0 N–H and O–H groups in total. The molecule has 0 aromatic heterocycles. The van der Waals surface area contributed by atoms with Gasteiger partial charge in [-0.2, -0.15) is 0 Å². The van der Waals surface area contributed by atoms with Gasteiger partial charge in [-0.15, -0.1) is 0 Å². The molecule has 3 nitrogen and oxygen atoms in total. The molecule has 1 saturated carbocycles. The molecule has 2 rings (SSSR count). The summed E-state index contributed by atoms with van der Waals surface area (Å²) in [6.45, 7) is 3.30. The van der Waals surface area contributed by atoms with E-state index in [2.05, 4.69) is 0 Å². The minimum atomic E-state index is -1.02. The van der Waals surface area contributed by atoms with Crippen LogP contribution in [0.2, 0.25) is 0 Å². The highest BCUT2D eigenvalue weighted by Gasteiger charge is 2.33. The van der Waals surface area contributed by atoms with Crippen LogP contribution in [0.25, 0.3) is 0 Å². The molecular weight excluding hydrogens is 228 g/mol. The molecule has 0 spiro atoms. The number of hydrogen-bond acceptors (Lipinski definition) is 3. The zero-order chi connectivity index (χ0) is 12.8. The predicted octanol–water partition coefficient (Wildman–Crippen LogP) is 3.29. The first-order chi connectivity index (χ1) is 8.74. The molecule has 0 heterocycles. The fourth-order valence-electron chi connectivity index (χ4n) is 2.47. The lowest BCUT2D eigenvalue weighted by molar-refractivity contribution is -0.221. The van der Waals surface area contributed by atoms with Gasteiger partial charge >= 0.3 is 6.47 Å². The summed E-state index contributed by atoms with van der Waals surface area (Å²) in [6, 6.07) is 9.55. The van der Waals surface area contributed by atoms with E-state index >= 15 is 0 Å². The number of ether oxygens (including phenoxy) is 2.